The number of anilines is 1. The molecule has 12 heteroatoms. The number of rotatable bonds is 11. The number of hydrogen-bond donors (Lipinski definition) is 1. The molecule has 0 spiro atoms. The number of hydrazone groups is 1. The van der Waals surface area contributed by atoms with Gasteiger partial charge >= 0.3 is 0 Å². The topological polar surface area (TPSA) is 97.3 Å². The molecule has 4 aromatic rings. The maximum absolute atomic E-state index is 13.5. The predicted octanol–water partition coefficient (Wildman–Crippen LogP) is 7.00. The number of nitrogens with one attached hydrogen (secondary N) is 1. The molecule has 0 fully saturated rings. The summed E-state index contributed by atoms with van der Waals surface area (Å²) in [5.41, 5.74) is 5.00. The Morgan fingerprint density at radius 2 is 1.74 bits per heavy atom. The highest BCUT2D eigenvalue weighted by Crippen LogP contribution is 2.37. The van der Waals surface area contributed by atoms with Crippen molar-refractivity contribution in [1.82, 2.24) is 5.43 Å². The number of sulfonamides is 1. The second-order valence-electron chi connectivity index (χ2n) is 9.01. The van der Waals surface area contributed by atoms with Crippen LogP contribution >= 0.6 is 39.1 Å². The summed E-state index contributed by atoms with van der Waals surface area (Å²) in [6, 6.07) is 23.4. The molecule has 4 aromatic carbocycles. The Morgan fingerprint density at radius 1 is 1.02 bits per heavy atom. The van der Waals surface area contributed by atoms with E-state index in [1.54, 1.807) is 72.8 Å². The molecule has 0 aliphatic heterocycles. The summed E-state index contributed by atoms with van der Waals surface area (Å²) < 4.78 is 40.0. The summed E-state index contributed by atoms with van der Waals surface area (Å²) in [5.74, 6) is 0.239. The van der Waals surface area contributed by atoms with E-state index in [4.69, 9.17) is 32.7 Å². The largest absolute Gasteiger partial charge is 0.493 e. The predicted molar refractivity (Wildman–Crippen MR) is 169 cm³/mol. The van der Waals surface area contributed by atoms with Crippen molar-refractivity contribution in [3.8, 4) is 11.5 Å². The van der Waals surface area contributed by atoms with Gasteiger partial charge in [-0.3, -0.25) is 9.10 Å². The first-order valence-corrected chi connectivity index (χ1v) is 15.5. The number of nitrogens with zero attached hydrogens (tertiary/aromatic N) is 2. The summed E-state index contributed by atoms with van der Waals surface area (Å²) in [4.78, 5) is 12.9. The summed E-state index contributed by atoms with van der Waals surface area (Å²) in [7, 11) is -2.52. The zero-order chi connectivity index (χ0) is 30.3. The minimum absolute atomic E-state index is 0.0749. The van der Waals surface area contributed by atoms with Crippen molar-refractivity contribution < 1.29 is 22.7 Å². The number of halogens is 3. The molecule has 42 heavy (non-hydrogen) atoms. The second kappa shape index (κ2) is 14.1. The van der Waals surface area contributed by atoms with E-state index >= 15 is 0 Å². The molecule has 0 atom stereocenters. The lowest BCUT2D eigenvalue weighted by Crippen LogP contribution is -2.39. The third-order valence-electron chi connectivity index (χ3n) is 5.98. The molecule has 0 unspecified atom stereocenters. The molecular weight excluding hydrogens is 665 g/mol. The van der Waals surface area contributed by atoms with Gasteiger partial charge in [-0.1, -0.05) is 65.2 Å². The van der Waals surface area contributed by atoms with Gasteiger partial charge in [0, 0.05) is 15.6 Å². The molecule has 0 aliphatic rings. The Morgan fingerprint density at radius 3 is 2.40 bits per heavy atom. The van der Waals surface area contributed by atoms with Crippen LogP contribution in [0.25, 0.3) is 0 Å². The molecule has 8 nitrogen and oxygen atoms in total. The highest BCUT2D eigenvalue weighted by molar-refractivity contribution is 9.10. The molecule has 218 valence electrons. The van der Waals surface area contributed by atoms with Gasteiger partial charge in [0.05, 0.1) is 28.4 Å². The monoisotopic (exact) mass is 689 g/mol. The molecule has 0 heterocycles. The summed E-state index contributed by atoms with van der Waals surface area (Å²) in [5, 5.41) is 5.03. The molecule has 0 radical (unpaired) electrons. The second-order valence-corrected chi connectivity index (χ2v) is 12.6. The Kier molecular flexibility index (Phi) is 10.5. The summed E-state index contributed by atoms with van der Waals surface area (Å²) >= 11 is 15.7. The van der Waals surface area contributed by atoms with Gasteiger partial charge in [-0.25, -0.2) is 13.8 Å². The SMILES string of the molecule is COc1cc(/C=N\NC(=O)CN(c2ccccc2)S(=O)(=O)c2ccc(C)cc2)cc(Br)c1OCc1ccc(Cl)cc1Cl. The van der Waals surface area contributed by atoms with Gasteiger partial charge in [-0.05, 0) is 76.9 Å². The number of methoxy groups -OCH3 is 1. The fourth-order valence-corrected chi connectivity index (χ4v) is 6.29. The van der Waals surface area contributed by atoms with Crippen LogP contribution in [-0.4, -0.2) is 34.2 Å². The van der Waals surface area contributed by atoms with Crippen LogP contribution in [-0.2, 0) is 21.4 Å². The van der Waals surface area contributed by atoms with E-state index in [0.717, 1.165) is 15.4 Å². The number of amides is 1. The first kappa shape index (κ1) is 31.4. The van der Waals surface area contributed by atoms with Crippen molar-refractivity contribution >= 4 is 67.0 Å². The standard InChI is InChI=1S/C30H26BrCl2N3O5S/c1-20-8-12-25(13-9-20)42(38,39)36(24-6-4-3-5-7-24)18-29(37)35-34-17-21-14-26(31)30(28(15-21)40-2)41-19-22-10-11-23(32)16-27(22)33/h3-17H,18-19H2,1-2H3,(H,35,37)/b34-17-. The number of carbonyl (C=O) groups is 1. The molecular formula is C30H26BrCl2N3O5S. The van der Waals surface area contributed by atoms with Crippen molar-refractivity contribution in [3.05, 3.63) is 116 Å². The zero-order valence-corrected chi connectivity index (χ0v) is 26.5. The number of benzene rings is 4. The number of hydrogen-bond acceptors (Lipinski definition) is 6. The van der Waals surface area contributed by atoms with Crippen molar-refractivity contribution in [1.29, 1.82) is 0 Å². The number of aryl methyl sites for hydroxylation is 1. The minimum Gasteiger partial charge on any atom is -0.493 e. The van der Waals surface area contributed by atoms with Crippen LogP contribution in [0.1, 0.15) is 16.7 Å². The Hall–Kier alpha value is -3.57. The summed E-state index contributed by atoms with van der Waals surface area (Å²) in [6.45, 7) is 1.56. The molecule has 0 saturated heterocycles. The third kappa shape index (κ3) is 7.83. The van der Waals surface area contributed by atoms with Crippen molar-refractivity contribution in [2.24, 2.45) is 5.10 Å². The number of para-hydroxylation sites is 1. The maximum Gasteiger partial charge on any atom is 0.264 e. The van der Waals surface area contributed by atoms with Crippen molar-refractivity contribution in [2.75, 3.05) is 18.0 Å². The average molecular weight is 691 g/mol. The van der Waals surface area contributed by atoms with E-state index in [9.17, 15) is 13.2 Å². The first-order valence-electron chi connectivity index (χ1n) is 12.5. The lowest BCUT2D eigenvalue weighted by Gasteiger charge is -2.23. The van der Waals surface area contributed by atoms with Crippen LogP contribution in [0, 0.1) is 6.92 Å². The van der Waals surface area contributed by atoms with E-state index in [2.05, 4.69) is 26.5 Å². The molecule has 0 aliphatic carbocycles. The van der Waals surface area contributed by atoms with Crippen LogP contribution in [0.15, 0.2) is 99.4 Å². The van der Waals surface area contributed by atoms with Crippen LogP contribution in [0.5, 0.6) is 11.5 Å². The number of ether oxygens (including phenoxy) is 2. The average Bonchev–Trinajstić information content (AvgIpc) is 2.96. The Labute approximate surface area is 263 Å². The smallest absolute Gasteiger partial charge is 0.264 e. The third-order valence-corrected chi connectivity index (χ3v) is 8.95. The lowest BCUT2D eigenvalue weighted by molar-refractivity contribution is -0.119. The quantitative estimate of drug-likeness (QED) is 0.135. The molecule has 1 amide bonds. The van der Waals surface area contributed by atoms with Crippen LogP contribution in [0.2, 0.25) is 10.0 Å². The fourth-order valence-electron chi connectivity index (χ4n) is 3.83. The van der Waals surface area contributed by atoms with E-state index in [1.807, 2.05) is 6.92 Å². The first-order chi connectivity index (χ1) is 20.1. The molecule has 1 N–H and O–H groups in total. The molecule has 4 rings (SSSR count). The van der Waals surface area contributed by atoms with Crippen LogP contribution < -0.4 is 19.2 Å². The van der Waals surface area contributed by atoms with E-state index in [1.165, 1.54) is 25.5 Å². The normalized spacial score (nSPS) is 11.4. The fraction of sp³-hybridized carbons (Fsp3) is 0.133. The van der Waals surface area contributed by atoms with Gasteiger partial charge in [-0.15, -0.1) is 0 Å². The minimum atomic E-state index is -4.02. The van der Waals surface area contributed by atoms with Gasteiger partial charge in [0.25, 0.3) is 15.9 Å². The van der Waals surface area contributed by atoms with Crippen LogP contribution in [0.3, 0.4) is 0 Å². The Balaban J connectivity index is 1.47. The highest BCUT2D eigenvalue weighted by atomic mass is 79.9. The van der Waals surface area contributed by atoms with Gasteiger partial charge in [0.15, 0.2) is 11.5 Å². The van der Waals surface area contributed by atoms with Gasteiger partial charge < -0.3 is 9.47 Å². The molecule has 0 aromatic heterocycles. The van der Waals surface area contributed by atoms with Crippen molar-refractivity contribution in [3.63, 3.8) is 0 Å². The van der Waals surface area contributed by atoms with E-state index in [-0.39, 0.29) is 11.5 Å². The zero-order valence-electron chi connectivity index (χ0n) is 22.6. The molecule has 0 saturated carbocycles. The van der Waals surface area contributed by atoms with Gasteiger partial charge in [0.1, 0.15) is 13.2 Å². The van der Waals surface area contributed by atoms with Crippen LogP contribution in [0.4, 0.5) is 5.69 Å². The lowest BCUT2D eigenvalue weighted by atomic mass is 10.2. The number of carbonyl (C=O) groups excluding carboxylic acids is 1. The molecule has 0 bridgehead atoms. The van der Waals surface area contributed by atoms with Gasteiger partial charge in [-0.2, -0.15) is 5.10 Å². The van der Waals surface area contributed by atoms with E-state index in [0.29, 0.717) is 37.3 Å². The Bertz CT molecular complexity index is 1700. The summed E-state index contributed by atoms with van der Waals surface area (Å²) in [6.07, 6.45) is 1.41. The highest BCUT2D eigenvalue weighted by Gasteiger charge is 2.27. The van der Waals surface area contributed by atoms with E-state index < -0.39 is 22.5 Å². The van der Waals surface area contributed by atoms with Gasteiger partial charge in [0.2, 0.25) is 0 Å². The maximum atomic E-state index is 13.5. The van der Waals surface area contributed by atoms with Crippen molar-refractivity contribution in [2.45, 2.75) is 18.4 Å².